The Morgan fingerprint density at radius 2 is 1.79 bits per heavy atom. The predicted octanol–water partition coefficient (Wildman–Crippen LogP) is 4.38. The van der Waals surface area contributed by atoms with Crippen LogP contribution in [0.3, 0.4) is 0 Å². The lowest BCUT2D eigenvalue weighted by Crippen LogP contribution is -2.59. The number of nitrogens with two attached hydrogens (primary N) is 1. The van der Waals surface area contributed by atoms with E-state index < -0.39 is 5.97 Å². The van der Waals surface area contributed by atoms with Gasteiger partial charge in [0, 0.05) is 6.42 Å². The van der Waals surface area contributed by atoms with Gasteiger partial charge >= 0.3 is 5.97 Å². The number of rotatable bonds is 5. The fraction of sp³-hybridized carbons (Fsp3) is 0.958. The van der Waals surface area contributed by atoms with Gasteiger partial charge in [0.05, 0.1) is 12.2 Å². The molecule has 0 saturated heterocycles. The first kappa shape index (κ1) is 21.6. The summed E-state index contributed by atoms with van der Waals surface area (Å²) in [5.41, 5.74) is 0.570. The van der Waals surface area contributed by atoms with E-state index in [4.69, 9.17) is 15.8 Å². The lowest BCUT2D eigenvalue weighted by Gasteiger charge is -2.62. The van der Waals surface area contributed by atoms with Crippen molar-refractivity contribution in [2.24, 2.45) is 52.2 Å². The van der Waals surface area contributed by atoms with Crippen LogP contribution < -0.4 is 5.90 Å². The van der Waals surface area contributed by atoms with Crippen molar-refractivity contribution in [1.82, 2.24) is 0 Å². The minimum Gasteiger partial charge on any atom is -0.481 e. The molecule has 0 aliphatic heterocycles. The average molecular weight is 408 g/mol. The lowest BCUT2D eigenvalue weighted by atomic mass is 9.43. The van der Waals surface area contributed by atoms with Gasteiger partial charge < -0.3 is 15.1 Å². The van der Waals surface area contributed by atoms with E-state index in [0.717, 1.165) is 32.1 Å². The molecule has 0 aromatic heterocycles. The molecule has 10 atom stereocenters. The number of fused-ring (bicyclic) bond motifs is 5. The second-order valence-electron chi connectivity index (χ2n) is 11.5. The molecule has 0 amide bonds. The van der Waals surface area contributed by atoms with Gasteiger partial charge in [-0.1, -0.05) is 20.8 Å². The molecule has 4 fully saturated rings. The van der Waals surface area contributed by atoms with Gasteiger partial charge in [0.1, 0.15) is 0 Å². The third kappa shape index (κ3) is 3.45. The van der Waals surface area contributed by atoms with Gasteiger partial charge in [-0.05, 0) is 104 Å². The van der Waals surface area contributed by atoms with Crippen LogP contribution in [0.1, 0.15) is 85.0 Å². The van der Waals surface area contributed by atoms with Crippen LogP contribution >= 0.6 is 0 Å². The number of carboxylic acids is 1. The molecule has 10 unspecified atom stereocenters. The fourth-order valence-electron chi connectivity index (χ4n) is 8.84. The molecule has 0 aromatic carbocycles. The number of aliphatic hydroxyl groups excluding tert-OH is 1. The van der Waals surface area contributed by atoms with Crippen molar-refractivity contribution in [2.75, 3.05) is 0 Å². The van der Waals surface area contributed by atoms with Gasteiger partial charge in [-0.25, -0.2) is 5.90 Å². The molecule has 0 heterocycles. The highest BCUT2D eigenvalue weighted by molar-refractivity contribution is 5.66. The molecule has 4 saturated carbocycles. The summed E-state index contributed by atoms with van der Waals surface area (Å²) in [5, 5.41) is 19.4. The molecule has 29 heavy (non-hydrogen) atoms. The SMILES string of the molecule is CC(CCC(=O)O)C1CCC2C3C(ON)CC4CC(O)CCC4(C)C3CCC12C. The van der Waals surface area contributed by atoms with E-state index in [0.29, 0.717) is 40.9 Å². The van der Waals surface area contributed by atoms with Crippen LogP contribution in [0.5, 0.6) is 0 Å². The first-order chi connectivity index (χ1) is 13.7. The maximum absolute atomic E-state index is 11.1. The second kappa shape index (κ2) is 7.80. The highest BCUT2D eigenvalue weighted by Crippen LogP contribution is 2.68. The van der Waals surface area contributed by atoms with Gasteiger partial charge in [0.2, 0.25) is 0 Å². The smallest absolute Gasteiger partial charge is 0.303 e. The van der Waals surface area contributed by atoms with Gasteiger partial charge in [-0.15, -0.1) is 0 Å². The summed E-state index contributed by atoms with van der Waals surface area (Å²) < 4.78 is 0. The van der Waals surface area contributed by atoms with E-state index in [1.165, 1.54) is 25.7 Å². The minimum atomic E-state index is -0.678. The molecular formula is C24H41NO4. The molecule has 5 heteroatoms. The Kier molecular flexibility index (Phi) is 5.80. The Morgan fingerprint density at radius 3 is 2.48 bits per heavy atom. The summed E-state index contributed by atoms with van der Waals surface area (Å²) in [6, 6.07) is 0. The van der Waals surface area contributed by atoms with E-state index in [1.54, 1.807) is 0 Å². The van der Waals surface area contributed by atoms with Crippen molar-refractivity contribution in [3.63, 3.8) is 0 Å². The van der Waals surface area contributed by atoms with Gasteiger partial charge in [0.15, 0.2) is 0 Å². The molecule has 4 aliphatic rings. The molecule has 166 valence electrons. The third-order valence-electron chi connectivity index (χ3n) is 10.4. The van der Waals surface area contributed by atoms with Gasteiger partial charge in [-0.3, -0.25) is 4.79 Å². The van der Waals surface area contributed by atoms with E-state index in [1.807, 2.05) is 0 Å². The molecule has 0 spiro atoms. The maximum atomic E-state index is 11.1. The number of aliphatic carboxylic acids is 1. The molecule has 5 nitrogen and oxygen atoms in total. The Morgan fingerprint density at radius 1 is 1.10 bits per heavy atom. The van der Waals surface area contributed by atoms with Crippen molar-refractivity contribution >= 4 is 5.97 Å². The topological polar surface area (TPSA) is 92.8 Å². The summed E-state index contributed by atoms with van der Waals surface area (Å²) in [6.07, 6.45) is 9.83. The zero-order chi connectivity index (χ0) is 21.0. The summed E-state index contributed by atoms with van der Waals surface area (Å²) in [4.78, 5) is 16.8. The van der Waals surface area contributed by atoms with E-state index in [-0.39, 0.29) is 24.0 Å². The van der Waals surface area contributed by atoms with E-state index in [9.17, 15) is 9.90 Å². The predicted molar refractivity (Wildman–Crippen MR) is 112 cm³/mol. The van der Waals surface area contributed by atoms with Gasteiger partial charge in [0.25, 0.3) is 0 Å². The second-order valence-corrected chi connectivity index (χ2v) is 11.5. The number of hydrogen-bond acceptors (Lipinski definition) is 4. The maximum Gasteiger partial charge on any atom is 0.303 e. The minimum absolute atomic E-state index is 0.0982. The highest BCUT2D eigenvalue weighted by atomic mass is 16.6. The standard InChI is InChI=1S/C24H41NO4/c1-14(4-7-21(27)28)17-5-6-18-22-19(9-11-24(17,18)3)23(2)10-8-16(26)12-15(23)13-20(22)29-25/h14-20,22,26H,4-13,25H2,1-3H3,(H,27,28). The molecule has 0 bridgehead atoms. The highest BCUT2D eigenvalue weighted by Gasteiger charge is 2.63. The lowest BCUT2D eigenvalue weighted by molar-refractivity contribution is -0.189. The Balaban J connectivity index is 1.58. The monoisotopic (exact) mass is 407 g/mol. The third-order valence-corrected chi connectivity index (χ3v) is 10.4. The van der Waals surface area contributed by atoms with Crippen molar-refractivity contribution in [2.45, 2.75) is 97.2 Å². The van der Waals surface area contributed by atoms with Gasteiger partial charge in [-0.2, -0.15) is 0 Å². The molecule has 4 N–H and O–H groups in total. The summed E-state index contributed by atoms with van der Waals surface area (Å²) >= 11 is 0. The van der Waals surface area contributed by atoms with E-state index >= 15 is 0 Å². The number of carboxylic acid groups (broad SMARTS) is 1. The number of hydrogen-bond donors (Lipinski definition) is 3. The molecule has 4 rings (SSSR count). The summed E-state index contributed by atoms with van der Waals surface area (Å²) in [6.45, 7) is 7.24. The first-order valence-electron chi connectivity index (χ1n) is 12.0. The van der Waals surface area contributed by atoms with Crippen LogP contribution in [0, 0.1) is 46.3 Å². The van der Waals surface area contributed by atoms with Crippen molar-refractivity contribution in [3.05, 3.63) is 0 Å². The van der Waals surface area contributed by atoms with Crippen LogP contribution in [0.4, 0.5) is 0 Å². The Labute approximate surface area is 175 Å². The normalized spacial score (nSPS) is 50.3. The quantitative estimate of drug-likeness (QED) is 0.588. The summed E-state index contributed by atoms with van der Waals surface area (Å²) in [5.74, 6) is 8.53. The zero-order valence-corrected chi connectivity index (χ0v) is 18.5. The van der Waals surface area contributed by atoms with Crippen LogP contribution in [-0.4, -0.2) is 28.4 Å². The Bertz CT molecular complexity index is 626. The van der Waals surface area contributed by atoms with Crippen LogP contribution in [-0.2, 0) is 9.63 Å². The average Bonchev–Trinajstić information content (AvgIpc) is 3.03. The van der Waals surface area contributed by atoms with Crippen molar-refractivity contribution < 1.29 is 19.8 Å². The van der Waals surface area contributed by atoms with E-state index in [2.05, 4.69) is 20.8 Å². The van der Waals surface area contributed by atoms with Crippen molar-refractivity contribution in [3.8, 4) is 0 Å². The van der Waals surface area contributed by atoms with Crippen LogP contribution in [0.2, 0.25) is 0 Å². The van der Waals surface area contributed by atoms with Crippen LogP contribution in [0.25, 0.3) is 0 Å². The fourth-order valence-corrected chi connectivity index (χ4v) is 8.84. The molecular weight excluding hydrogens is 366 g/mol. The van der Waals surface area contributed by atoms with Crippen molar-refractivity contribution in [1.29, 1.82) is 0 Å². The Hall–Kier alpha value is -0.650. The number of aliphatic hydroxyl groups is 1. The molecule has 0 aromatic rings. The largest absolute Gasteiger partial charge is 0.481 e. The summed E-state index contributed by atoms with van der Waals surface area (Å²) in [7, 11) is 0. The molecule has 0 radical (unpaired) electrons. The number of carbonyl (C=O) groups is 1. The molecule has 4 aliphatic carbocycles. The van der Waals surface area contributed by atoms with Crippen LogP contribution in [0.15, 0.2) is 0 Å². The first-order valence-corrected chi connectivity index (χ1v) is 12.0. The zero-order valence-electron chi connectivity index (χ0n) is 18.5.